The summed E-state index contributed by atoms with van der Waals surface area (Å²) in [6.07, 6.45) is -5.72. The van der Waals surface area contributed by atoms with E-state index in [1.807, 2.05) is 0 Å². The molecule has 0 amide bonds. The van der Waals surface area contributed by atoms with Crippen LogP contribution in [0, 0.1) is 0 Å². The Morgan fingerprint density at radius 1 is 1.25 bits per heavy atom. The third kappa shape index (κ3) is 1.56. The maximum Gasteiger partial charge on any atom is 0.335 e. The van der Waals surface area contributed by atoms with Gasteiger partial charge in [-0.05, 0) is 0 Å². The van der Waals surface area contributed by atoms with E-state index < -0.39 is 30.4 Å². The average Bonchev–Trinajstić information content (AvgIpc) is 2.00. The first-order valence-electron chi connectivity index (χ1n) is 3.42. The molecule has 4 N–H and O–H groups in total. The lowest BCUT2D eigenvalue weighted by Crippen LogP contribution is -2.55. The quantitative estimate of drug-likeness (QED) is 0.355. The van der Waals surface area contributed by atoms with Gasteiger partial charge < -0.3 is 25.2 Å². The zero-order chi connectivity index (χ0) is 9.30. The second-order valence-electron chi connectivity index (χ2n) is 2.64. The molecule has 1 fully saturated rings. The molecule has 0 aromatic heterocycles. The predicted octanol–water partition coefficient (Wildman–Crippen LogP) is -2.45. The molecule has 0 saturated carbocycles. The Balaban J connectivity index is 2.65. The lowest BCUT2D eigenvalue weighted by atomic mass is 10.0. The van der Waals surface area contributed by atoms with Gasteiger partial charge in [0.25, 0.3) is 0 Å². The Labute approximate surface area is 68.0 Å². The van der Waals surface area contributed by atoms with Crippen molar-refractivity contribution >= 4 is 5.97 Å². The van der Waals surface area contributed by atoms with Crippen LogP contribution in [0.25, 0.3) is 0 Å². The van der Waals surface area contributed by atoms with Gasteiger partial charge in [0.15, 0.2) is 6.10 Å². The highest BCUT2D eigenvalue weighted by molar-refractivity contribution is 5.73. The van der Waals surface area contributed by atoms with Crippen molar-refractivity contribution < 1.29 is 30.0 Å². The Hall–Kier alpha value is -0.690. The second kappa shape index (κ2) is 3.36. The molecule has 1 heterocycles. The van der Waals surface area contributed by atoms with E-state index in [1.54, 1.807) is 0 Å². The largest absolute Gasteiger partial charge is 0.479 e. The lowest BCUT2D eigenvalue weighted by Gasteiger charge is -2.32. The molecular weight excluding hydrogens is 168 g/mol. The molecular formula is C6H10O6. The van der Waals surface area contributed by atoms with Crippen LogP contribution in [0.4, 0.5) is 0 Å². The number of hydrogen-bond acceptors (Lipinski definition) is 5. The van der Waals surface area contributed by atoms with Gasteiger partial charge in [0, 0.05) is 0 Å². The van der Waals surface area contributed by atoms with Crippen LogP contribution in [0.1, 0.15) is 0 Å². The van der Waals surface area contributed by atoms with Crippen molar-refractivity contribution in [2.75, 3.05) is 6.61 Å². The molecule has 0 bridgehead atoms. The fourth-order valence-electron chi connectivity index (χ4n) is 1.02. The summed E-state index contributed by atoms with van der Waals surface area (Å²) >= 11 is 0. The molecule has 0 aromatic carbocycles. The molecule has 6 nitrogen and oxygen atoms in total. The Kier molecular flexibility index (Phi) is 2.63. The molecule has 1 aliphatic heterocycles. The Morgan fingerprint density at radius 3 is 2.33 bits per heavy atom. The van der Waals surface area contributed by atoms with Crippen LogP contribution in [-0.2, 0) is 9.53 Å². The molecule has 1 saturated heterocycles. The minimum Gasteiger partial charge on any atom is -0.479 e. The number of aliphatic hydroxyl groups is 3. The smallest absolute Gasteiger partial charge is 0.335 e. The lowest BCUT2D eigenvalue weighted by molar-refractivity contribution is -0.201. The first-order valence-corrected chi connectivity index (χ1v) is 3.42. The van der Waals surface area contributed by atoms with Crippen LogP contribution >= 0.6 is 0 Å². The number of rotatable bonds is 1. The predicted molar refractivity (Wildman–Crippen MR) is 35.4 cm³/mol. The van der Waals surface area contributed by atoms with Crippen LogP contribution in [0.15, 0.2) is 0 Å². The summed E-state index contributed by atoms with van der Waals surface area (Å²) in [4.78, 5) is 10.3. The number of aliphatic carboxylic acids is 1. The maximum atomic E-state index is 10.3. The molecule has 4 atom stereocenters. The number of carboxylic acid groups (broad SMARTS) is 1. The molecule has 70 valence electrons. The van der Waals surface area contributed by atoms with E-state index in [-0.39, 0.29) is 6.61 Å². The standard InChI is InChI=1S/C6H10O6/c7-2-1-12-5(6(10)11)4(9)3(2)8/h2-5,7-9H,1H2,(H,10,11)/t2?,3-,4-,5?/m0/s1. The number of hydrogen-bond donors (Lipinski definition) is 4. The van der Waals surface area contributed by atoms with E-state index in [4.69, 9.17) is 20.4 Å². The number of aliphatic hydroxyl groups excluding tert-OH is 3. The van der Waals surface area contributed by atoms with Crippen molar-refractivity contribution in [3.63, 3.8) is 0 Å². The van der Waals surface area contributed by atoms with Crippen molar-refractivity contribution in [1.82, 2.24) is 0 Å². The molecule has 1 rings (SSSR count). The summed E-state index contributed by atoms with van der Waals surface area (Å²) in [5, 5.41) is 35.4. The first kappa shape index (κ1) is 9.40. The normalized spacial score (nSPS) is 42.6. The van der Waals surface area contributed by atoms with Gasteiger partial charge in [-0.3, -0.25) is 0 Å². The Morgan fingerprint density at radius 2 is 1.83 bits per heavy atom. The summed E-state index contributed by atoms with van der Waals surface area (Å²) in [5.41, 5.74) is 0. The first-order chi connectivity index (χ1) is 5.54. The topological polar surface area (TPSA) is 107 Å². The van der Waals surface area contributed by atoms with E-state index in [1.165, 1.54) is 0 Å². The summed E-state index contributed by atoms with van der Waals surface area (Å²) in [6, 6.07) is 0. The summed E-state index contributed by atoms with van der Waals surface area (Å²) in [5.74, 6) is -1.35. The highest BCUT2D eigenvalue weighted by Gasteiger charge is 2.41. The minimum atomic E-state index is -1.58. The van der Waals surface area contributed by atoms with Crippen molar-refractivity contribution in [3.8, 4) is 0 Å². The van der Waals surface area contributed by atoms with Crippen LogP contribution in [0.5, 0.6) is 0 Å². The molecule has 0 aliphatic carbocycles. The van der Waals surface area contributed by atoms with Gasteiger partial charge >= 0.3 is 5.97 Å². The third-order valence-corrected chi connectivity index (χ3v) is 1.74. The number of carbonyl (C=O) groups is 1. The zero-order valence-corrected chi connectivity index (χ0v) is 6.12. The van der Waals surface area contributed by atoms with Crippen molar-refractivity contribution in [3.05, 3.63) is 0 Å². The second-order valence-corrected chi connectivity index (χ2v) is 2.64. The van der Waals surface area contributed by atoms with Crippen LogP contribution in [-0.4, -0.2) is 57.4 Å². The maximum absolute atomic E-state index is 10.3. The molecule has 12 heavy (non-hydrogen) atoms. The number of ether oxygens (including phenoxy) is 1. The van der Waals surface area contributed by atoms with Gasteiger partial charge in [-0.15, -0.1) is 0 Å². The minimum absolute atomic E-state index is 0.283. The molecule has 0 aromatic rings. The van der Waals surface area contributed by atoms with Gasteiger partial charge in [-0.2, -0.15) is 0 Å². The molecule has 0 radical (unpaired) electrons. The highest BCUT2D eigenvalue weighted by atomic mass is 16.5. The van der Waals surface area contributed by atoms with Gasteiger partial charge in [0.2, 0.25) is 0 Å². The van der Waals surface area contributed by atoms with Gasteiger partial charge in [0.05, 0.1) is 6.61 Å². The monoisotopic (exact) mass is 178 g/mol. The summed E-state index contributed by atoms with van der Waals surface area (Å²) in [7, 11) is 0. The van der Waals surface area contributed by atoms with Crippen molar-refractivity contribution in [1.29, 1.82) is 0 Å². The van der Waals surface area contributed by atoms with E-state index in [0.717, 1.165) is 0 Å². The summed E-state index contributed by atoms with van der Waals surface area (Å²) in [6.45, 7) is -0.283. The SMILES string of the molecule is O=C(O)C1OCC(O)[C@H](O)[C@@H]1O. The van der Waals surface area contributed by atoms with E-state index in [9.17, 15) is 4.79 Å². The van der Waals surface area contributed by atoms with Crippen LogP contribution in [0.3, 0.4) is 0 Å². The van der Waals surface area contributed by atoms with Gasteiger partial charge in [-0.1, -0.05) is 0 Å². The average molecular weight is 178 g/mol. The summed E-state index contributed by atoms with van der Waals surface area (Å²) < 4.78 is 4.57. The highest BCUT2D eigenvalue weighted by Crippen LogP contribution is 2.15. The molecule has 1 aliphatic rings. The van der Waals surface area contributed by atoms with Gasteiger partial charge in [-0.25, -0.2) is 4.79 Å². The van der Waals surface area contributed by atoms with E-state index >= 15 is 0 Å². The van der Waals surface area contributed by atoms with Crippen molar-refractivity contribution in [2.24, 2.45) is 0 Å². The van der Waals surface area contributed by atoms with Crippen molar-refractivity contribution in [2.45, 2.75) is 24.4 Å². The number of carboxylic acids is 1. The molecule has 6 heteroatoms. The Bertz CT molecular complexity index is 181. The molecule has 2 unspecified atom stereocenters. The molecule has 0 spiro atoms. The fraction of sp³-hybridized carbons (Fsp3) is 0.833. The van der Waals surface area contributed by atoms with Crippen LogP contribution in [0.2, 0.25) is 0 Å². The van der Waals surface area contributed by atoms with E-state index in [2.05, 4.69) is 4.74 Å². The fourth-order valence-corrected chi connectivity index (χ4v) is 1.02. The van der Waals surface area contributed by atoms with E-state index in [0.29, 0.717) is 0 Å². The zero-order valence-electron chi connectivity index (χ0n) is 6.12. The van der Waals surface area contributed by atoms with Gasteiger partial charge in [0.1, 0.15) is 18.3 Å². The van der Waals surface area contributed by atoms with Crippen LogP contribution < -0.4 is 0 Å². The third-order valence-electron chi connectivity index (χ3n) is 1.74.